The number of aromatic nitrogens is 3. The summed E-state index contributed by atoms with van der Waals surface area (Å²) in [6, 6.07) is 1.89. The van der Waals surface area contributed by atoms with Crippen molar-refractivity contribution in [2.75, 3.05) is 25.0 Å². The van der Waals surface area contributed by atoms with E-state index in [9.17, 15) is 9.59 Å². The summed E-state index contributed by atoms with van der Waals surface area (Å²) in [6.07, 6.45) is 1.24. The SMILES string of the molecule is CCOC(=O)C1CCN(C(=O)c2csc(Nc3nc(C)cc(C)n3)n2)CC1. The van der Waals surface area contributed by atoms with Crippen LogP contribution in [0.1, 0.15) is 41.6 Å². The van der Waals surface area contributed by atoms with Crippen molar-refractivity contribution < 1.29 is 14.3 Å². The number of amides is 1. The van der Waals surface area contributed by atoms with Gasteiger partial charge >= 0.3 is 5.97 Å². The van der Waals surface area contributed by atoms with Crippen LogP contribution in [0.5, 0.6) is 0 Å². The lowest BCUT2D eigenvalue weighted by Crippen LogP contribution is -2.40. The average Bonchev–Trinajstić information content (AvgIpc) is 3.09. The first-order valence-corrected chi connectivity index (χ1v) is 9.85. The molecule has 3 heterocycles. The highest BCUT2D eigenvalue weighted by Crippen LogP contribution is 2.23. The summed E-state index contributed by atoms with van der Waals surface area (Å²) in [6.45, 7) is 7.04. The lowest BCUT2D eigenvalue weighted by atomic mass is 9.97. The van der Waals surface area contributed by atoms with Gasteiger partial charge in [0.05, 0.1) is 12.5 Å². The summed E-state index contributed by atoms with van der Waals surface area (Å²) in [5.74, 6) is 0.0561. The molecule has 9 heteroatoms. The molecular weight excluding hydrogens is 366 g/mol. The van der Waals surface area contributed by atoms with E-state index in [2.05, 4.69) is 20.3 Å². The molecule has 3 rings (SSSR count). The molecule has 1 amide bonds. The van der Waals surface area contributed by atoms with Gasteiger partial charge in [0, 0.05) is 29.9 Å². The van der Waals surface area contributed by atoms with Crippen LogP contribution in [0.2, 0.25) is 0 Å². The van der Waals surface area contributed by atoms with Crippen LogP contribution in [-0.4, -0.2) is 51.4 Å². The first-order valence-electron chi connectivity index (χ1n) is 8.97. The number of hydrogen-bond donors (Lipinski definition) is 1. The van der Waals surface area contributed by atoms with Crippen molar-refractivity contribution in [2.24, 2.45) is 5.92 Å². The number of thiazole rings is 1. The Kier molecular flexibility index (Phi) is 6.00. The maximum atomic E-state index is 12.7. The topological polar surface area (TPSA) is 97.3 Å². The molecule has 1 N–H and O–H groups in total. The summed E-state index contributed by atoms with van der Waals surface area (Å²) in [5, 5.41) is 5.35. The molecule has 8 nitrogen and oxygen atoms in total. The molecule has 1 aliphatic heterocycles. The molecule has 1 aliphatic rings. The summed E-state index contributed by atoms with van der Waals surface area (Å²) in [5.41, 5.74) is 2.12. The lowest BCUT2D eigenvalue weighted by molar-refractivity contribution is -0.149. The van der Waals surface area contributed by atoms with Gasteiger partial charge in [0.1, 0.15) is 5.69 Å². The number of carbonyl (C=O) groups is 2. The van der Waals surface area contributed by atoms with Gasteiger partial charge in [-0.1, -0.05) is 0 Å². The van der Waals surface area contributed by atoms with Crippen molar-refractivity contribution >= 4 is 34.3 Å². The number of likely N-dealkylation sites (tertiary alicyclic amines) is 1. The highest BCUT2D eigenvalue weighted by molar-refractivity contribution is 7.14. The molecule has 0 unspecified atom stereocenters. The van der Waals surface area contributed by atoms with Crippen LogP contribution in [0.15, 0.2) is 11.4 Å². The van der Waals surface area contributed by atoms with Gasteiger partial charge in [0.15, 0.2) is 5.13 Å². The Labute approximate surface area is 162 Å². The molecule has 0 atom stereocenters. The number of hydrogen-bond acceptors (Lipinski definition) is 8. The maximum absolute atomic E-state index is 12.7. The summed E-state index contributed by atoms with van der Waals surface area (Å²) < 4.78 is 5.07. The number of nitrogens with zero attached hydrogens (tertiary/aromatic N) is 4. The lowest BCUT2D eigenvalue weighted by Gasteiger charge is -2.30. The number of piperidine rings is 1. The largest absolute Gasteiger partial charge is 0.466 e. The van der Waals surface area contributed by atoms with Crippen molar-refractivity contribution in [3.63, 3.8) is 0 Å². The maximum Gasteiger partial charge on any atom is 0.309 e. The van der Waals surface area contributed by atoms with Gasteiger partial charge in [-0.05, 0) is 39.7 Å². The highest BCUT2D eigenvalue weighted by Gasteiger charge is 2.29. The number of anilines is 2. The van der Waals surface area contributed by atoms with Gasteiger partial charge in [-0.15, -0.1) is 11.3 Å². The summed E-state index contributed by atoms with van der Waals surface area (Å²) in [4.78, 5) is 39.2. The van der Waals surface area contributed by atoms with E-state index >= 15 is 0 Å². The van der Waals surface area contributed by atoms with Crippen LogP contribution in [0.25, 0.3) is 0 Å². The molecule has 2 aromatic rings. The van der Waals surface area contributed by atoms with Gasteiger partial charge in [0.2, 0.25) is 5.95 Å². The molecule has 0 aliphatic carbocycles. The summed E-state index contributed by atoms with van der Waals surface area (Å²) in [7, 11) is 0. The van der Waals surface area contributed by atoms with E-state index in [1.807, 2.05) is 19.9 Å². The van der Waals surface area contributed by atoms with Crippen LogP contribution in [0.3, 0.4) is 0 Å². The Hall–Kier alpha value is -2.55. The van der Waals surface area contributed by atoms with Crippen LogP contribution in [0.4, 0.5) is 11.1 Å². The zero-order valence-corrected chi connectivity index (χ0v) is 16.5. The molecule has 0 bridgehead atoms. The van der Waals surface area contributed by atoms with E-state index in [1.54, 1.807) is 17.2 Å². The molecule has 2 aromatic heterocycles. The monoisotopic (exact) mass is 389 g/mol. The van der Waals surface area contributed by atoms with Gasteiger partial charge in [-0.3, -0.25) is 9.59 Å². The summed E-state index contributed by atoms with van der Waals surface area (Å²) >= 11 is 1.34. The fraction of sp³-hybridized carbons (Fsp3) is 0.500. The minimum atomic E-state index is -0.168. The number of aryl methyl sites for hydroxylation is 2. The molecular formula is C18H23N5O3S. The van der Waals surface area contributed by atoms with Crippen molar-refractivity contribution in [3.8, 4) is 0 Å². The van der Waals surface area contributed by atoms with Crippen molar-refractivity contribution in [1.82, 2.24) is 19.9 Å². The second-order valence-corrected chi connectivity index (χ2v) is 7.31. The molecule has 144 valence electrons. The Morgan fingerprint density at radius 2 is 1.89 bits per heavy atom. The van der Waals surface area contributed by atoms with Crippen molar-refractivity contribution in [2.45, 2.75) is 33.6 Å². The fourth-order valence-electron chi connectivity index (χ4n) is 3.05. The molecule has 1 fully saturated rings. The third kappa shape index (κ3) is 4.79. The van der Waals surface area contributed by atoms with E-state index < -0.39 is 0 Å². The Morgan fingerprint density at radius 3 is 2.52 bits per heavy atom. The molecule has 0 spiro atoms. The predicted octanol–water partition coefficient (Wildman–Crippen LogP) is 2.71. The normalized spacial score (nSPS) is 14.9. The second-order valence-electron chi connectivity index (χ2n) is 6.46. The Morgan fingerprint density at radius 1 is 1.22 bits per heavy atom. The van der Waals surface area contributed by atoms with E-state index in [0.717, 1.165) is 11.4 Å². The number of rotatable bonds is 5. The number of esters is 1. The molecule has 0 radical (unpaired) electrons. The average molecular weight is 389 g/mol. The second kappa shape index (κ2) is 8.43. The number of nitrogens with one attached hydrogen (secondary N) is 1. The van der Waals surface area contributed by atoms with Crippen LogP contribution < -0.4 is 5.32 Å². The first-order chi connectivity index (χ1) is 13.0. The van der Waals surface area contributed by atoms with Crippen molar-refractivity contribution in [1.29, 1.82) is 0 Å². The third-order valence-corrected chi connectivity index (χ3v) is 5.08. The van der Waals surface area contributed by atoms with Gasteiger partial charge in [-0.25, -0.2) is 15.0 Å². The number of ether oxygens (including phenoxy) is 1. The van der Waals surface area contributed by atoms with Gasteiger partial charge in [-0.2, -0.15) is 0 Å². The van der Waals surface area contributed by atoms with Gasteiger partial charge < -0.3 is 15.0 Å². The Balaban J connectivity index is 1.59. The van der Waals surface area contributed by atoms with E-state index in [0.29, 0.717) is 49.3 Å². The van der Waals surface area contributed by atoms with Crippen LogP contribution in [0, 0.1) is 19.8 Å². The predicted molar refractivity (Wildman–Crippen MR) is 102 cm³/mol. The highest BCUT2D eigenvalue weighted by atomic mass is 32.1. The Bertz CT molecular complexity index is 810. The van der Waals surface area contributed by atoms with E-state index in [1.165, 1.54) is 11.3 Å². The molecule has 0 saturated carbocycles. The quantitative estimate of drug-likeness (QED) is 0.785. The third-order valence-electron chi connectivity index (χ3n) is 4.33. The number of carbonyl (C=O) groups excluding carboxylic acids is 2. The van der Waals surface area contributed by atoms with E-state index in [-0.39, 0.29) is 17.8 Å². The van der Waals surface area contributed by atoms with Crippen LogP contribution in [-0.2, 0) is 9.53 Å². The minimum Gasteiger partial charge on any atom is -0.466 e. The van der Waals surface area contributed by atoms with Crippen molar-refractivity contribution in [3.05, 3.63) is 28.5 Å². The standard InChI is InChI=1S/C18H23N5O3S/c1-4-26-16(25)13-5-7-23(8-6-13)15(24)14-10-27-18(21-14)22-17-19-11(2)9-12(3)20-17/h9-10,13H,4-8H2,1-3H3,(H,19,20,21,22). The molecule has 0 aromatic carbocycles. The molecule has 1 saturated heterocycles. The molecule has 27 heavy (non-hydrogen) atoms. The zero-order valence-electron chi connectivity index (χ0n) is 15.7. The van der Waals surface area contributed by atoms with Gasteiger partial charge in [0.25, 0.3) is 5.91 Å². The first kappa shape index (κ1) is 19.2. The minimum absolute atomic E-state index is 0.122. The fourth-order valence-corrected chi connectivity index (χ4v) is 3.73. The smallest absolute Gasteiger partial charge is 0.309 e. The zero-order chi connectivity index (χ0) is 19.4. The van der Waals surface area contributed by atoms with E-state index in [4.69, 9.17) is 4.74 Å². The van der Waals surface area contributed by atoms with Crippen LogP contribution >= 0.6 is 11.3 Å².